The highest BCUT2D eigenvalue weighted by Gasteiger charge is 2.43. The molecule has 1 aliphatic heterocycles. The molecule has 0 radical (unpaired) electrons. The number of nitrogens with one attached hydrogen (secondary N) is 1. The summed E-state index contributed by atoms with van der Waals surface area (Å²) in [4.78, 5) is 25.8. The van der Waals surface area contributed by atoms with Gasteiger partial charge in [0, 0.05) is 32.2 Å². The van der Waals surface area contributed by atoms with Crippen LogP contribution in [0, 0.1) is 0 Å². The lowest BCUT2D eigenvalue weighted by Crippen LogP contribution is -2.53. The topological polar surface area (TPSA) is 52.7 Å². The molecule has 2 amide bonds. The molecular weight excluding hydrogens is 263 g/mol. The van der Waals surface area contributed by atoms with Crippen LogP contribution in [-0.2, 0) is 9.59 Å². The van der Waals surface area contributed by atoms with Crippen LogP contribution >= 0.6 is 0 Å². The maximum Gasteiger partial charge on any atom is 0.406 e. The second kappa shape index (κ2) is 5.36. The molecule has 2 fully saturated rings. The Morgan fingerprint density at radius 2 is 1.79 bits per heavy atom. The SMILES string of the molecule is O=C(C(=O)N(CC(F)(F)F)C1CC1)N1CCNCC1. The summed E-state index contributed by atoms with van der Waals surface area (Å²) in [5.74, 6) is -1.85. The van der Waals surface area contributed by atoms with Gasteiger partial charge in [0.2, 0.25) is 0 Å². The Labute approximate surface area is 108 Å². The lowest BCUT2D eigenvalue weighted by Gasteiger charge is -2.30. The molecule has 108 valence electrons. The summed E-state index contributed by atoms with van der Waals surface area (Å²) in [7, 11) is 0. The second-order valence-electron chi connectivity index (χ2n) is 4.82. The van der Waals surface area contributed by atoms with Gasteiger partial charge in [-0.3, -0.25) is 9.59 Å². The number of hydrogen-bond donors (Lipinski definition) is 1. The number of carbonyl (C=O) groups is 2. The monoisotopic (exact) mass is 279 g/mol. The first kappa shape index (κ1) is 14.1. The first-order valence-electron chi connectivity index (χ1n) is 6.26. The highest BCUT2D eigenvalue weighted by atomic mass is 19.4. The standard InChI is InChI=1S/C11H16F3N3O2/c12-11(13,14)7-17(8-1-2-8)10(19)9(18)16-5-3-15-4-6-16/h8,15H,1-7H2. The van der Waals surface area contributed by atoms with Crippen molar-refractivity contribution in [1.82, 2.24) is 15.1 Å². The molecule has 0 spiro atoms. The van der Waals surface area contributed by atoms with Crippen LogP contribution in [0.5, 0.6) is 0 Å². The summed E-state index contributed by atoms with van der Waals surface area (Å²) in [6.07, 6.45) is -3.39. The molecular formula is C11H16F3N3O2. The number of halogens is 3. The molecule has 1 saturated heterocycles. The molecule has 2 aliphatic rings. The highest BCUT2D eigenvalue weighted by molar-refractivity contribution is 6.35. The van der Waals surface area contributed by atoms with Gasteiger partial charge in [-0.25, -0.2) is 0 Å². The van der Waals surface area contributed by atoms with Crippen LogP contribution in [0.15, 0.2) is 0 Å². The van der Waals surface area contributed by atoms with Crippen molar-refractivity contribution < 1.29 is 22.8 Å². The van der Waals surface area contributed by atoms with Crippen molar-refractivity contribution in [3.63, 3.8) is 0 Å². The van der Waals surface area contributed by atoms with Crippen LogP contribution in [0.1, 0.15) is 12.8 Å². The largest absolute Gasteiger partial charge is 0.406 e. The van der Waals surface area contributed by atoms with Gasteiger partial charge in [-0.15, -0.1) is 0 Å². The minimum absolute atomic E-state index is 0.356. The summed E-state index contributed by atoms with van der Waals surface area (Å²) >= 11 is 0. The molecule has 0 bridgehead atoms. The normalized spacial score (nSPS) is 20.3. The smallest absolute Gasteiger partial charge is 0.332 e. The molecule has 19 heavy (non-hydrogen) atoms. The zero-order valence-corrected chi connectivity index (χ0v) is 10.4. The molecule has 0 aromatic rings. The minimum Gasteiger partial charge on any atom is -0.332 e. The minimum atomic E-state index is -4.47. The molecule has 1 N–H and O–H groups in total. The van der Waals surface area contributed by atoms with E-state index in [1.807, 2.05) is 0 Å². The molecule has 1 aliphatic carbocycles. The molecule has 1 saturated carbocycles. The van der Waals surface area contributed by atoms with E-state index in [2.05, 4.69) is 5.32 Å². The number of nitrogens with zero attached hydrogens (tertiary/aromatic N) is 2. The Kier molecular flexibility index (Phi) is 3.98. The van der Waals surface area contributed by atoms with Gasteiger partial charge in [0.05, 0.1) is 0 Å². The average molecular weight is 279 g/mol. The average Bonchev–Trinajstić information content (AvgIpc) is 3.18. The molecule has 1 heterocycles. The van der Waals surface area contributed by atoms with Crippen LogP contribution in [0.25, 0.3) is 0 Å². The Hall–Kier alpha value is -1.31. The zero-order valence-electron chi connectivity index (χ0n) is 10.4. The summed E-state index contributed by atoms with van der Waals surface area (Å²) in [6, 6.07) is -0.430. The van der Waals surface area contributed by atoms with Gasteiger partial charge in [0.1, 0.15) is 6.54 Å². The maximum atomic E-state index is 12.4. The van der Waals surface area contributed by atoms with Crippen molar-refractivity contribution in [2.75, 3.05) is 32.7 Å². The fourth-order valence-corrected chi connectivity index (χ4v) is 2.07. The maximum absolute atomic E-state index is 12.4. The van der Waals surface area contributed by atoms with Gasteiger partial charge in [0.15, 0.2) is 0 Å². The van der Waals surface area contributed by atoms with Crippen molar-refractivity contribution in [3.05, 3.63) is 0 Å². The number of rotatable bonds is 2. The van der Waals surface area contributed by atoms with E-state index in [1.54, 1.807) is 0 Å². The first-order chi connectivity index (χ1) is 8.88. The van der Waals surface area contributed by atoms with Crippen LogP contribution in [0.3, 0.4) is 0 Å². The number of carbonyl (C=O) groups excluding carboxylic acids is 2. The van der Waals surface area contributed by atoms with E-state index in [0.717, 1.165) is 0 Å². The van der Waals surface area contributed by atoms with E-state index in [9.17, 15) is 22.8 Å². The third-order valence-electron chi connectivity index (χ3n) is 3.19. The lowest BCUT2D eigenvalue weighted by molar-refractivity contribution is -0.168. The van der Waals surface area contributed by atoms with E-state index in [4.69, 9.17) is 0 Å². The van der Waals surface area contributed by atoms with Crippen LogP contribution in [-0.4, -0.2) is 66.6 Å². The van der Waals surface area contributed by atoms with Crippen molar-refractivity contribution in [2.24, 2.45) is 0 Å². The van der Waals surface area contributed by atoms with Crippen LogP contribution in [0.2, 0.25) is 0 Å². The van der Waals surface area contributed by atoms with Gasteiger partial charge in [-0.2, -0.15) is 13.2 Å². The lowest BCUT2D eigenvalue weighted by atomic mass is 10.3. The summed E-state index contributed by atoms with van der Waals surface area (Å²) in [6.45, 7) is 0.488. The van der Waals surface area contributed by atoms with Gasteiger partial charge in [0.25, 0.3) is 0 Å². The number of piperazine rings is 1. The van der Waals surface area contributed by atoms with E-state index < -0.39 is 30.6 Å². The van der Waals surface area contributed by atoms with E-state index >= 15 is 0 Å². The molecule has 0 aromatic carbocycles. The molecule has 5 nitrogen and oxygen atoms in total. The zero-order chi connectivity index (χ0) is 14.0. The predicted molar refractivity (Wildman–Crippen MR) is 60.2 cm³/mol. The Morgan fingerprint density at radius 3 is 2.26 bits per heavy atom. The quantitative estimate of drug-likeness (QED) is 0.722. The Morgan fingerprint density at radius 1 is 1.21 bits per heavy atom. The fourth-order valence-electron chi connectivity index (χ4n) is 2.07. The van der Waals surface area contributed by atoms with Gasteiger partial charge < -0.3 is 15.1 Å². The number of amides is 2. The van der Waals surface area contributed by atoms with Crippen LogP contribution in [0.4, 0.5) is 13.2 Å². The third kappa shape index (κ3) is 3.82. The van der Waals surface area contributed by atoms with E-state index in [-0.39, 0.29) is 0 Å². The van der Waals surface area contributed by atoms with Crippen LogP contribution < -0.4 is 5.32 Å². The summed E-state index contributed by atoms with van der Waals surface area (Å²) < 4.78 is 37.3. The highest BCUT2D eigenvalue weighted by Crippen LogP contribution is 2.30. The van der Waals surface area contributed by atoms with Crippen molar-refractivity contribution in [1.29, 1.82) is 0 Å². The van der Waals surface area contributed by atoms with E-state index in [0.29, 0.717) is 43.9 Å². The van der Waals surface area contributed by atoms with Crippen molar-refractivity contribution in [3.8, 4) is 0 Å². The molecule has 0 aromatic heterocycles. The first-order valence-corrected chi connectivity index (χ1v) is 6.26. The molecule has 2 rings (SSSR count). The van der Waals surface area contributed by atoms with Gasteiger partial charge in [-0.05, 0) is 12.8 Å². The predicted octanol–water partition coefficient (Wildman–Crippen LogP) is -0.0285. The molecule has 8 heteroatoms. The Bertz CT molecular complexity index is 363. The van der Waals surface area contributed by atoms with E-state index in [1.165, 1.54) is 4.90 Å². The van der Waals surface area contributed by atoms with Gasteiger partial charge >= 0.3 is 18.0 Å². The fraction of sp³-hybridized carbons (Fsp3) is 0.818. The molecule has 0 atom stereocenters. The third-order valence-corrected chi connectivity index (χ3v) is 3.19. The number of alkyl halides is 3. The molecule has 0 unspecified atom stereocenters. The van der Waals surface area contributed by atoms with Crippen molar-refractivity contribution >= 4 is 11.8 Å². The van der Waals surface area contributed by atoms with Crippen molar-refractivity contribution in [2.45, 2.75) is 25.1 Å². The summed E-state index contributed by atoms with van der Waals surface area (Å²) in [5.41, 5.74) is 0. The van der Waals surface area contributed by atoms with Gasteiger partial charge in [-0.1, -0.05) is 0 Å². The summed E-state index contributed by atoms with van der Waals surface area (Å²) in [5, 5.41) is 3.01. The second-order valence-corrected chi connectivity index (χ2v) is 4.82. The number of hydrogen-bond acceptors (Lipinski definition) is 3. The Balaban J connectivity index is 2.00.